The van der Waals surface area contributed by atoms with Crippen LogP contribution in [0.2, 0.25) is 0 Å². The molecule has 1 heterocycles. The van der Waals surface area contributed by atoms with Gasteiger partial charge in [0.1, 0.15) is 12.4 Å². The quantitative estimate of drug-likeness (QED) is 0.359. The number of hydrogen-bond acceptors (Lipinski definition) is 1. The van der Waals surface area contributed by atoms with E-state index in [9.17, 15) is 0 Å². The maximum atomic E-state index is 4.22. The summed E-state index contributed by atoms with van der Waals surface area (Å²) in [5.74, 6) is 1.05. The van der Waals surface area contributed by atoms with Crippen molar-refractivity contribution in [2.75, 3.05) is 5.75 Å². The van der Waals surface area contributed by atoms with Crippen LogP contribution in [0.4, 0.5) is 0 Å². The largest absolute Gasteiger partial charge is 1.00 e. The van der Waals surface area contributed by atoms with Crippen molar-refractivity contribution in [3.05, 3.63) is 18.7 Å². The summed E-state index contributed by atoms with van der Waals surface area (Å²) >= 11 is 4.22. The average molecular weight is 335 g/mol. The second-order valence-corrected chi connectivity index (χ2v) is 5.32. The first-order chi connectivity index (χ1) is 8.33. The summed E-state index contributed by atoms with van der Waals surface area (Å²) in [4.78, 5) is 0. The number of unbranched alkanes of at least 4 members (excludes halogenated alkanes) is 7. The van der Waals surface area contributed by atoms with Gasteiger partial charge in [0.15, 0.2) is 0 Å². The molecule has 0 aliphatic heterocycles. The molecule has 1 aromatic heterocycles. The summed E-state index contributed by atoms with van der Waals surface area (Å²) in [6.07, 6.45) is 17.3. The van der Waals surface area contributed by atoms with Crippen LogP contribution in [0.15, 0.2) is 18.7 Å². The highest BCUT2D eigenvalue weighted by Gasteiger charge is 1.99. The second kappa shape index (κ2) is 12.1. The van der Waals surface area contributed by atoms with Gasteiger partial charge in [-0.15, -0.1) is 0 Å². The van der Waals surface area contributed by atoms with Crippen molar-refractivity contribution in [1.29, 1.82) is 0 Å². The fourth-order valence-corrected chi connectivity index (χ4v) is 2.32. The zero-order chi connectivity index (χ0) is 12.3. The first-order valence-corrected chi connectivity index (χ1v) is 7.58. The van der Waals surface area contributed by atoms with Gasteiger partial charge < -0.3 is 17.0 Å². The van der Waals surface area contributed by atoms with E-state index in [1.54, 1.807) is 0 Å². The fourth-order valence-electron chi connectivity index (χ4n) is 2.10. The number of thiol groups is 1. The van der Waals surface area contributed by atoms with E-state index in [2.05, 4.69) is 47.5 Å². The van der Waals surface area contributed by atoms with Crippen LogP contribution >= 0.6 is 12.6 Å². The van der Waals surface area contributed by atoms with E-state index in [0.29, 0.717) is 0 Å². The normalized spacial score (nSPS) is 10.3. The van der Waals surface area contributed by atoms with Crippen LogP contribution in [-0.4, -0.2) is 10.3 Å². The fraction of sp³-hybridized carbons (Fsp3) is 0.786. The third-order valence-corrected chi connectivity index (χ3v) is 3.46. The highest BCUT2D eigenvalue weighted by Crippen LogP contribution is 2.08. The molecule has 106 valence electrons. The number of halogens is 1. The molecular weight excluding hydrogens is 308 g/mol. The lowest BCUT2D eigenvalue weighted by atomic mass is 10.1. The molecule has 4 heteroatoms. The van der Waals surface area contributed by atoms with Crippen molar-refractivity contribution in [3.63, 3.8) is 0 Å². The van der Waals surface area contributed by atoms with Crippen molar-refractivity contribution in [2.45, 2.75) is 57.9 Å². The van der Waals surface area contributed by atoms with Gasteiger partial charge in [-0.3, -0.25) is 0 Å². The SMILES string of the molecule is Cn1cc[n+](CCCCCCCCCCS)c1.[Br-]. The number of aromatic nitrogens is 2. The molecule has 0 aliphatic carbocycles. The predicted octanol–water partition coefficient (Wildman–Crippen LogP) is 0.367. The molecule has 1 aromatic rings. The maximum absolute atomic E-state index is 4.22. The molecule has 0 amide bonds. The van der Waals surface area contributed by atoms with Crippen molar-refractivity contribution < 1.29 is 21.5 Å². The van der Waals surface area contributed by atoms with Crippen LogP contribution in [0, 0.1) is 0 Å². The van der Waals surface area contributed by atoms with Gasteiger partial charge in [-0.2, -0.15) is 12.6 Å². The average Bonchev–Trinajstić information content (AvgIpc) is 2.73. The van der Waals surface area contributed by atoms with E-state index in [0.717, 1.165) is 5.75 Å². The van der Waals surface area contributed by atoms with E-state index in [4.69, 9.17) is 0 Å². The Morgan fingerprint density at radius 3 is 2.00 bits per heavy atom. The molecule has 18 heavy (non-hydrogen) atoms. The van der Waals surface area contributed by atoms with Gasteiger partial charge in [-0.25, -0.2) is 9.13 Å². The van der Waals surface area contributed by atoms with Gasteiger partial charge in [0, 0.05) is 0 Å². The van der Waals surface area contributed by atoms with Crippen molar-refractivity contribution >= 4 is 12.6 Å². The van der Waals surface area contributed by atoms with Crippen molar-refractivity contribution in [1.82, 2.24) is 4.57 Å². The molecule has 0 unspecified atom stereocenters. The molecule has 2 nitrogen and oxygen atoms in total. The van der Waals surface area contributed by atoms with Gasteiger partial charge >= 0.3 is 0 Å². The van der Waals surface area contributed by atoms with Gasteiger partial charge in [-0.1, -0.05) is 32.1 Å². The zero-order valence-electron chi connectivity index (χ0n) is 11.5. The third kappa shape index (κ3) is 9.03. The van der Waals surface area contributed by atoms with Crippen molar-refractivity contribution in [3.8, 4) is 0 Å². The summed E-state index contributed by atoms with van der Waals surface area (Å²) < 4.78 is 4.37. The summed E-state index contributed by atoms with van der Waals surface area (Å²) in [5, 5.41) is 0. The van der Waals surface area contributed by atoms with Crippen LogP contribution < -0.4 is 21.5 Å². The van der Waals surface area contributed by atoms with Gasteiger partial charge in [0.2, 0.25) is 6.33 Å². The minimum Gasteiger partial charge on any atom is -1.00 e. The molecule has 0 radical (unpaired) electrons. The third-order valence-electron chi connectivity index (χ3n) is 3.15. The maximum Gasteiger partial charge on any atom is 0.243 e. The Labute approximate surface area is 128 Å². The number of nitrogens with zero attached hydrogens (tertiary/aromatic N) is 2. The van der Waals surface area contributed by atoms with Crippen LogP contribution in [0.25, 0.3) is 0 Å². The minimum absolute atomic E-state index is 0. The number of aryl methyl sites for hydroxylation is 2. The molecular formula is C14H27BrN2S. The first kappa shape index (κ1) is 18.0. The smallest absolute Gasteiger partial charge is 0.243 e. The Hall–Kier alpha value is 0.0400. The summed E-state index contributed by atoms with van der Waals surface area (Å²) in [6.45, 7) is 1.17. The van der Waals surface area contributed by atoms with Crippen LogP contribution in [0.3, 0.4) is 0 Å². The van der Waals surface area contributed by atoms with Crippen LogP contribution in [0.5, 0.6) is 0 Å². The molecule has 0 fully saturated rings. The number of imidazole rings is 1. The minimum atomic E-state index is 0. The lowest BCUT2D eigenvalue weighted by Gasteiger charge is -2.00. The summed E-state index contributed by atoms with van der Waals surface area (Å²) in [5.41, 5.74) is 0. The zero-order valence-corrected chi connectivity index (χ0v) is 14.0. The Morgan fingerprint density at radius 1 is 0.944 bits per heavy atom. The van der Waals surface area contributed by atoms with Crippen LogP contribution in [-0.2, 0) is 13.6 Å². The monoisotopic (exact) mass is 334 g/mol. The lowest BCUT2D eigenvalue weighted by molar-refractivity contribution is -0.696. The standard InChI is InChI=1S/C14H26N2S.BrH/c1-15-11-12-16(14-15)10-8-6-4-2-3-5-7-9-13-17;/h11-12,14H,2-10,13H2,1H3;1H. The molecule has 0 saturated heterocycles. The summed E-state index contributed by atoms with van der Waals surface area (Å²) in [7, 11) is 2.07. The van der Waals surface area contributed by atoms with Crippen LogP contribution in [0.1, 0.15) is 51.4 Å². The molecule has 0 aromatic carbocycles. The molecule has 0 atom stereocenters. The topological polar surface area (TPSA) is 8.81 Å². The van der Waals surface area contributed by atoms with E-state index < -0.39 is 0 Å². The lowest BCUT2D eigenvalue weighted by Crippen LogP contribution is -3.00. The van der Waals surface area contributed by atoms with Gasteiger partial charge in [-0.05, 0) is 25.0 Å². The van der Waals surface area contributed by atoms with Crippen molar-refractivity contribution in [2.24, 2.45) is 7.05 Å². The van der Waals surface area contributed by atoms with E-state index in [-0.39, 0.29) is 17.0 Å². The highest BCUT2D eigenvalue weighted by atomic mass is 79.9. The van der Waals surface area contributed by atoms with E-state index >= 15 is 0 Å². The highest BCUT2D eigenvalue weighted by molar-refractivity contribution is 7.80. The Bertz CT molecular complexity index is 289. The van der Waals surface area contributed by atoms with Gasteiger partial charge in [0.25, 0.3) is 0 Å². The molecule has 0 spiro atoms. The predicted molar refractivity (Wildman–Crippen MR) is 76.4 cm³/mol. The Balaban J connectivity index is 0.00000289. The van der Waals surface area contributed by atoms with Gasteiger partial charge in [0.05, 0.1) is 13.6 Å². The molecule has 0 N–H and O–H groups in total. The molecule has 1 rings (SSSR count). The first-order valence-electron chi connectivity index (χ1n) is 6.95. The van der Waals surface area contributed by atoms with E-state index in [1.807, 2.05) is 0 Å². The number of hydrogen-bond donors (Lipinski definition) is 1. The number of rotatable bonds is 10. The summed E-state index contributed by atoms with van der Waals surface area (Å²) in [6, 6.07) is 0. The molecule has 0 bridgehead atoms. The molecule has 0 saturated carbocycles. The molecule has 0 aliphatic rings. The Morgan fingerprint density at radius 2 is 1.50 bits per heavy atom. The van der Waals surface area contributed by atoms with E-state index in [1.165, 1.54) is 57.9 Å². The second-order valence-electron chi connectivity index (χ2n) is 4.87. The Kier molecular flexibility index (Phi) is 12.1.